The van der Waals surface area contributed by atoms with Crippen LogP contribution in [-0.2, 0) is 6.54 Å². The monoisotopic (exact) mass is 209 g/mol. The number of hydrogen-bond acceptors (Lipinski definition) is 5. The van der Waals surface area contributed by atoms with Gasteiger partial charge >= 0.3 is 0 Å². The first kappa shape index (κ1) is 9.14. The van der Waals surface area contributed by atoms with Crippen molar-refractivity contribution in [2.24, 2.45) is 0 Å². The molecule has 14 heavy (non-hydrogen) atoms. The molecule has 0 atom stereocenters. The molecular formula is C8H11N5S. The van der Waals surface area contributed by atoms with Gasteiger partial charge in [-0.15, -0.1) is 10.2 Å². The lowest BCUT2D eigenvalue weighted by molar-refractivity contribution is 0.679. The van der Waals surface area contributed by atoms with E-state index in [9.17, 15) is 0 Å². The van der Waals surface area contributed by atoms with Gasteiger partial charge in [0.15, 0.2) is 0 Å². The minimum absolute atomic E-state index is 0.575. The number of nitrogens with zero attached hydrogens (tertiary/aromatic N) is 4. The maximum absolute atomic E-state index is 5.63. The van der Waals surface area contributed by atoms with E-state index in [1.54, 1.807) is 16.0 Å². The number of nitrogens with two attached hydrogens (primary N) is 1. The summed E-state index contributed by atoms with van der Waals surface area (Å²) < 4.78 is 1.78. The molecule has 0 aromatic carbocycles. The van der Waals surface area contributed by atoms with Crippen molar-refractivity contribution in [3.8, 4) is 0 Å². The average Bonchev–Trinajstić information content (AvgIpc) is 2.62. The first-order valence-electron chi connectivity index (χ1n) is 4.23. The second-order valence-corrected chi connectivity index (χ2v) is 4.38. The van der Waals surface area contributed by atoms with Gasteiger partial charge in [0.05, 0.1) is 6.54 Å². The molecule has 2 N–H and O–H groups in total. The maximum atomic E-state index is 5.63. The van der Waals surface area contributed by atoms with Crippen LogP contribution in [0.3, 0.4) is 0 Å². The van der Waals surface area contributed by atoms with Gasteiger partial charge in [0.2, 0.25) is 0 Å². The van der Waals surface area contributed by atoms with Crippen LogP contribution < -0.4 is 5.73 Å². The normalized spacial score (nSPS) is 10.7. The molecule has 5 nitrogen and oxygen atoms in total. The Labute approximate surface area is 85.6 Å². The maximum Gasteiger partial charge on any atom is 0.148 e. The highest BCUT2D eigenvalue weighted by atomic mass is 32.1. The van der Waals surface area contributed by atoms with Gasteiger partial charge in [0.25, 0.3) is 0 Å². The molecule has 0 aliphatic rings. The van der Waals surface area contributed by atoms with E-state index in [0.717, 1.165) is 15.6 Å². The second-order valence-electron chi connectivity index (χ2n) is 3.11. The molecule has 2 aromatic heterocycles. The zero-order valence-corrected chi connectivity index (χ0v) is 8.88. The van der Waals surface area contributed by atoms with Gasteiger partial charge in [-0.3, -0.25) is 4.68 Å². The van der Waals surface area contributed by atoms with Crippen LogP contribution >= 0.6 is 11.3 Å². The van der Waals surface area contributed by atoms with Crippen molar-refractivity contribution >= 4 is 17.2 Å². The molecular weight excluding hydrogens is 198 g/mol. The largest absolute Gasteiger partial charge is 0.382 e. The Morgan fingerprint density at radius 1 is 1.43 bits per heavy atom. The Morgan fingerprint density at radius 2 is 2.21 bits per heavy atom. The quantitative estimate of drug-likeness (QED) is 0.800. The molecule has 2 aromatic rings. The molecule has 0 bridgehead atoms. The summed E-state index contributed by atoms with van der Waals surface area (Å²) in [4.78, 5) is 0. The minimum atomic E-state index is 0.575. The summed E-state index contributed by atoms with van der Waals surface area (Å²) in [6.45, 7) is 4.51. The lowest BCUT2D eigenvalue weighted by Gasteiger charge is -1.94. The zero-order valence-electron chi connectivity index (χ0n) is 8.06. The van der Waals surface area contributed by atoms with Crippen LogP contribution in [0.25, 0.3) is 0 Å². The predicted octanol–water partition coefficient (Wildman–Crippen LogP) is 0.982. The van der Waals surface area contributed by atoms with Crippen LogP contribution in [0.5, 0.6) is 0 Å². The summed E-state index contributed by atoms with van der Waals surface area (Å²) in [5.41, 5.74) is 6.63. The second kappa shape index (κ2) is 3.38. The number of aryl methyl sites for hydroxylation is 2. The van der Waals surface area contributed by atoms with Gasteiger partial charge in [-0.2, -0.15) is 5.10 Å². The Balaban J connectivity index is 2.18. The van der Waals surface area contributed by atoms with Crippen molar-refractivity contribution in [2.45, 2.75) is 20.4 Å². The average molecular weight is 209 g/mol. The van der Waals surface area contributed by atoms with Crippen LogP contribution in [0.4, 0.5) is 5.82 Å². The third-order valence-corrected chi connectivity index (χ3v) is 2.67. The molecule has 0 fully saturated rings. The number of anilines is 1. The Morgan fingerprint density at radius 3 is 2.71 bits per heavy atom. The van der Waals surface area contributed by atoms with E-state index in [1.807, 2.05) is 20.0 Å². The summed E-state index contributed by atoms with van der Waals surface area (Å²) in [6.07, 6.45) is 1.91. The fourth-order valence-corrected chi connectivity index (χ4v) is 1.86. The SMILES string of the molecule is Cc1nnc(Cn2cc(C)c(N)n2)s1. The van der Waals surface area contributed by atoms with Gasteiger partial charge in [-0.25, -0.2) is 0 Å². The van der Waals surface area contributed by atoms with E-state index >= 15 is 0 Å². The van der Waals surface area contributed by atoms with Gasteiger partial charge in [0.1, 0.15) is 15.8 Å². The van der Waals surface area contributed by atoms with Gasteiger partial charge in [-0.1, -0.05) is 11.3 Å². The molecule has 0 saturated carbocycles. The van der Waals surface area contributed by atoms with Crippen molar-refractivity contribution in [2.75, 3.05) is 5.73 Å². The lowest BCUT2D eigenvalue weighted by Crippen LogP contribution is -2.00. The number of nitrogen functional groups attached to an aromatic ring is 1. The summed E-state index contributed by atoms with van der Waals surface area (Å²) in [5, 5.41) is 14.0. The molecule has 2 heterocycles. The van der Waals surface area contributed by atoms with Crippen molar-refractivity contribution < 1.29 is 0 Å². The molecule has 0 aliphatic carbocycles. The topological polar surface area (TPSA) is 69.6 Å². The standard InChI is InChI=1S/C8H11N5S/c1-5-3-13(12-8(5)9)4-7-11-10-6(2)14-7/h3H,4H2,1-2H3,(H2,9,12). The van der Waals surface area contributed by atoms with E-state index < -0.39 is 0 Å². The van der Waals surface area contributed by atoms with Crippen molar-refractivity contribution in [3.05, 3.63) is 21.8 Å². The molecule has 6 heteroatoms. The highest BCUT2D eigenvalue weighted by Gasteiger charge is 2.04. The smallest absolute Gasteiger partial charge is 0.148 e. The first-order chi connectivity index (χ1) is 6.65. The van der Waals surface area contributed by atoms with Crippen molar-refractivity contribution in [1.29, 1.82) is 0 Å². The van der Waals surface area contributed by atoms with Crippen molar-refractivity contribution in [1.82, 2.24) is 20.0 Å². The van der Waals surface area contributed by atoms with Crippen LogP contribution in [0.15, 0.2) is 6.20 Å². The molecule has 2 rings (SSSR count). The highest BCUT2D eigenvalue weighted by Crippen LogP contribution is 2.12. The predicted molar refractivity (Wildman–Crippen MR) is 55.1 cm³/mol. The molecule has 0 spiro atoms. The third kappa shape index (κ3) is 1.74. The molecule has 0 unspecified atom stereocenters. The molecule has 0 amide bonds. The highest BCUT2D eigenvalue weighted by molar-refractivity contribution is 7.11. The van der Waals surface area contributed by atoms with Crippen LogP contribution in [0.1, 0.15) is 15.6 Å². The van der Waals surface area contributed by atoms with E-state index in [4.69, 9.17) is 5.73 Å². The minimum Gasteiger partial charge on any atom is -0.382 e. The van der Waals surface area contributed by atoms with Crippen LogP contribution in [0.2, 0.25) is 0 Å². The van der Waals surface area contributed by atoms with E-state index in [0.29, 0.717) is 12.4 Å². The summed E-state index contributed by atoms with van der Waals surface area (Å²) >= 11 is 1.57. The third-order valence-electron chi connectivity index (χ3n) is 1.85. The molecule has 0 saturated heterocycles. The Kier molecular flexibility index (Phi) is 2.20. The zero-order chi connectivity index (χ0) is 10.1. The van der Waals surface area contributed by atoms with Gasteiger partial charge < -0.3 is 5.73 Å². The fraction of sp³-hybridized carbons (Fsp3) is 0.375. The molecule has 0 radical (unpaired) electrons. The van der Waals surface area contributed by atoms with E-state index in [1.165, 1.54) is 0 Å². The van der Waals surface area contributed by atoms with Crippen LogP contribution in [0, 0.1) is 13.8 Å². The number of aromatic nitrogens is 4. The number of hydrogen-bond donors (Lipinski definition) is 1. The molecule has 74 valence electrons. The van der Waals surface area contributed by atoms with Gasteiger partial charge in [0, 0.05) is 11.8 Å². The van der Waals surface area contributed by atoms with Crippen molar-refractivity contribution in [3.63, 3.8) is 0 Å². The Bertz CT molecular complexity index is 425. The molecule has 0 aliphatic heterocycles. The Hall–Kier alpha value is -1.43. The lowest BCUT2D eigenvalue weighted by atomic mass is 10.4. The fourth-order valence-electron chi connectivity index (χ4n) is 1.16. The number of rotatable bonds is 2. The summed E-state index contributed by atoms with van der Waals surface area (Å²) in [7, 11) is 0. The summed E-state index contributed by atoms with van der Waals surface area (Å²) in [6, 6.07) is 0. The van der Waals surface area contributed by atoms with Crippen LogP contribution in [-0.4, -0.2) is 20.0 Å². The summed E-state index contributed by atoms with van der Waals surface area (Å²) in [5.74, 6) is 0.575. The van der Waals surface area contributed by atoms with E-state index in [2.05, 4.69) is 15.3 Å². The van der Waals surface area contributed by atoms with Gasteiger partial charge in [-0.05, 0) is 13.8 Å². The van der Waals surface area contributed by atoms with E-state index in [-0.39, 0.29) is 0 Å². The first-order valence-corrected chi connectivity index (χ1v) is 5.05.